The number of hydrogen-bond donors (Lipinski definition) is 1. The summed E-state index contributed by atoms with van der Waals surface area (Å²) in [6.45, 7) is 1.72. The third-order valence-corrected chi connectivity index (χ3v) is 6.13. The Morgan fingerprint density at radius 1 is 1.21 bits per heavy atom. The summed E-state index contributed by atoms with van der Waals surface area (Å²) in [5.74, 6) is -1.33. The molecule has 0 amide bonds. The van der Waals surface area contributed by atoms with Crippen molar-refractivity contribution in [2.45, 2.75) is 56.8 Å². The fourth-order valence-electron chi connectivity index (χ4n) is 3.27. The third kappa shape index (κ3) is 3.62. The van der Waals surface area contributed by atoms with Gasteiger partial charge in [-0.1, -0.05) is 12.8 Å². The van der Waals surface area contributed by atoms with Crippen molar-refractivity contribution in [1.29, 1.82) is 0 Å². The monoisotopic (exact) mass is 299 g/mol. The molecule has 19 heavy (non-hydrogen) atoms. The van der Waals surface area contributed by atoms with Gasteiger partial charge in [-0.2, -0.15) is 13.2 Å². The first kappa shape index (κ1) is 15.1. The number of halogens is 3. The van der Waals surface area contributed by atoms with Crippen molar-refractivity contribution in [1.82, 2.24) is 5.32 Å². The topological polar surface area (TPSA) is 46.2 Å². The Balaban J connectivity index is 2.08. The van der Waals surface area contributed by atoms with Crippen molar-refractivity contribution >= 4 is 9.84 Å². The lowest BCUT2D eigenvalue weighted by Gasteiger charge is -2.39. The van der Waals surface area contributed by atoms with Crippen LogP contribution in [-0.4, -0.2) is 37.7 Å². The standard InChI is InChI=1S/C12H20F3NO2S/c1-11(6-7-19(17,18)8-11)16-10-5-3-2-4-9(10)12(13,14)15/h9-10,16H,2-8H2,1H3. The molecule has 0 bridgehead atoms. The molecule has 1 aliphatic carbocycles. The average molecular weight is 299 g/mol. The minimum absolute atomic E-state index is 0.0545. The molecule has 2 fully saturated rings. The summed E-state index contributed by atoms with van der Waals surface area (Å²) in [5, 5.41) is 3.01. The van der Waals surface area contributed by atoms with E-state index in [2.05, 4.69) is 5.32 Å². The molecular weight excluding hydrogens is 279 g/mol. The number of alkyl halides is 3. The van der Waals surface area contributed by atoms with Crippen LogP contribution in [-0.2, 0) is 9.84 Å². The predicted octanol–water partition coefficient (Wildman–Crippen LogP) is 2.27. The highest BCUT2D eigenvalue weighted by Crippen LogP contribution is 2.39. The van der Waals surface area contributed by atoms with E-state index in [4.69, 9.17) is 0 Å². The van der Waals surface area contributed by atoms with Gasteiger partial charge in [-0.3, -0.25) is 0 Å². The van der Waals surface area contributed by atoms with Crippen molar-refractivity contribution in [3.05, 3.63) is 0 Å². The predicted molar refractivity (Wildman–Crippen MR) is 66.6 cm³/mol. The van der Waals surface area contributed by atoms with Crippen LogP contribution < -0.4 is 5.32 Å². The Morgan fingerprint density at radius 3 is 2.37 bits per heavy atom. The highest BCUT2D eigenvalue weighted by molar-refractivity contribution is 7.91. The van der Waals surface area contributed by atoms with Crippen LogP contribution in [0.5, 0.6) is 0 Å². The summed E-state index contributed by atoms with van der Waals surface area (Å²) in [5.41, 5.74) is -0.704. The minimum Gasteiger partial charge on any atom is -0.307 e. The van der Waals surface area contributed by atoms with E-state index >= 15 is 0 Å². The molecule has 112 valence electrons. The molecule has 0 spiro atoms. The maximum Gasteiger partial charge on any atom is 0.393 e. The van der Waals surface area contributed by atoms with Gasteiger partial charge in [0.05, 0.1) is 17.4 Å². The van der Waals surface area contributed by atoms with Crippen molar-refractivity contribution in [2.75, 3.05) is 11.5 Å². The fraction of sp³-hybridized carbons (Fsp3) is 1.00. The lowest BCUT2D eigenvalue weighted by molar-refractivity contribution is -0.190. The first-order chi connectivity index (χ1) is 8.61. The second kappa shape index (κ2) is 4.91. The molecule has 1 N–H and O–H groups in total. The van der Waals surface area contributed by atoms with Gasteiger partial charge in [-0.25, -0.2) is 8.42 Å². The van der Waals surface area contributed by atoms with E-state index < -0.39 is 33.5 Å². The van der Waals surface area contributed by atoms with Gasteiger partial charge in [-0.15, -0.1) is 0 Å². The smallest absolute Gasteiger partial charge is 0.307 e. The van der Waals surface area contributed by atoms with Crippen LogP contribution in [0.4, 0.5) is 13.2 Å². The summed E-state index contributed by atoms with van der Waals surface area (Å²) in [6.07, 6.45) is -1.82. The molecule has 1 aliphatic heterocycles. The highest BCUT2D eigenvalue weighted by Gasteiger charge is 2.48. The summed E-state index contributed by atoms with van der Waals surface area (Å²) in [4.78, 5) is 0. The number of hydrogen-bond acceptors (Lipinski definition) is 3. The quantitative estimate of drug-likeness (QED) is 0.851. The van der Waals surface area contributed by atoms with Gasteiger partial charge in [0, 0.05) is 11.6 Å². The molecule has 7 heteroatoms. The van der Waals surface area contributed by atoms with Gasteiger partial charge in [0.1, 0.15) is 0 Å². The molecule has 0 radical (unpaired) electrons. The molecule has 0 aromatic carbocycles. The summed E-state index contributed by atoms with van der Waals surface area (Å²) < 4.78 is 62.0. The van der Waals surface area contributed by atoms with Crippen LogP contribution in [0.25, 0.3) is 0 Å². The van der Waals surface area contributed by atoms with Crippen molar-refractivity contribution in [2.24, 2.45) is 5.92 Å². The van der Waals surface area contributed by atoms with E-state index in [1.54, 1.807) is 6.92 Å². The van der Waals surface area contributed by atoms with Crippen LogP contribution in [0.3, 0.4) is 0 Å². The lowest BCUT2D eigenvalue weighted by Crippen LogP contribution is -2.55. The molecule has 2 rings (SSSR count). The Morgan fingerprint density at radius 2 is 1.84 bits per heavy atom. The number of sulfone groups is 1. The van der Waals surface area contributed by atoms with E-state index in [0.717, 1.165) is 6.42 Å². The molecule has 3 atom stereocenters. The van der Waals surface area contributed by atoms with E-state index in [1.165, 1.54) is 0 Å². The Bertz CT molecular complexity index is 435. The SMILES string of the molecule is CC1(NC2CCCCC2C(F)(F)F)CCS(=O)(=O)C1. The highest BCUT2D eigenvalue weighted by atomic mass is 32.2. The Kier molecular flexibility index (Phi) is 3.90. The van der Waals surface area contributed by atoms with Gasteiger partial charge < -0.3 is 5.32 Å². The normalized spacial score (nSPS) is 39.4. The largest absolute Gasteiger partial charge is 0.393 e. The molecule has 1 saturated carbocycles. The van der Waals surface area contributed by atoms with E-state index in [0.29, 0.717) is 19.3 Å². The molecule has 2 aliphatic rings. The Labute approximate surface area is 111 Å². The lowest BCUT2D eigenvalue weighted by atomic mass is 9.82. The summed E-state index contributed by atoms with van der Waals surface area (Å²) in [7, 11) is -3.10. The van der Waals surface area contributed by atoms with E-state index in [-0.39, 0.29) is 17.9 Å². The van der Waals surface area contributed by atoms with E-state index in [1.807, 2.05) is 0 Å². The second-order valence-corrected chi connectivity index (χ2v) is 8.27. The average Bonchev–Trinajstić information content (AvgIpc) is 2.52. The molecule has 3 unspecified atom stereocenters. The Hall–Kier alpha value is -0.300. The third-order valence-electron chi connectivity index (χ3n) is 4.22. The van der Waals surface area contributed by atoms with Crippen molar-refractivity contribution in [3.63, 3.8) is 0 Å². The van der Waals surface area contributed by atoms with Gasteiger partial charge in [-0.05, 0) is 26.2 Å². The summed E-state index contributed by atoms with van der Waals surface area (Å²) >= 11 is 0. The first-order valence-electron chi connectivity index (χ1n) is 6.66. The van der Waals surface area contributed by atoms with Crippen LogP contribution in [0.2, 0.25) is 0 Å². The fourth-order valence-corrected chi connectivity index (χ4v) is 5.37. The zero-order chi connectivity index (χ0) is 14.3. The molecule has 0 aromatic heterocycles. The zero-order valence-electron chi connectivity index (χ0n) is 11.0. The number of rotatable bonds is 2. The first-order valence-corrected chi connectivity index (χ1v) is 8.48. The minimum atomic E-state index is -4.20. The molecular formula is C12H20F3NO2S. The van der Waals surface area contributed by atoms with Gasteiger partial charge >= 0.3 is 6.18 Å². The van der Waals surface area contributed by atoms with Crippen LogP contribution in [0, 0.1) is 5.92 Å². The van der Waals surface area contributed by atoms with Gasteiger partial charge in [0.15, 0.2) is 9.84 Å². The molecule has 1 heterocycles. The van der Waals surface area contributed by atoms with Crippen molar-refractivity contribution < 1.29 is 21.6 Å². The zero-order valence-corrected chi connectivity index (χ0v) is 11.8. The van der Waals surface area contributed by atoms with E-state index in [9.17, 15) is 21.6 Å². The maximum absolute atomic E-state index is 13.0. The van der Waals surface area contributed by atoms with Crippen LogP contribution >= 0.6 is 0 Å². The van der Waals surface area contributed by atoms with Crippen molar-refractivity contribution in [3.8, 4) is 0 Å². The van der Waals surface area contributed by atoms with Gasteiger partial charge in [0.2, 0.25) is 0 Å². The molecule has 3 nitrogen and oxygen atoms in total. The molecule has 0 aromatic rings. The van der Waals surface area contributed by atoms with Crippen LogP contribution in [0.1, 0.15) is 39.0 Å². The summed E-state index contributed by atoms with van der Waals surface area (Å²) in [6, 6.07) is -0.646. The molecule has 1 saturated heterocycles. The number of nitrogens with one attached hydrogen (secondary N) is 1. The second-order valence-electron chi connectivity index (χ2n) is 6.09. The van der Waals surface area contributed by atoms with Crippen LogP contribution in [0.15, 0.2) is 0 Å². The van der Waals surface area contributed by atoms with Gasteiger partial charge in [0.25, 0.3) is 0 Å². The maximum atomic E-state index is 13.0.